The molecule has 0 aliphatic heterocycles. The normalized spacial score (nSPS) is 16.8. The third-order valence-corrected chi connectivity index (χ3v) is 2.84. The second kappa shape index (κ2) is 4.05. The maximum atomic E-state index is 5.76. The smallest absolute Gasteiger partial charge is 0.183 e. The van der Waals surface area contributed by atoms with Crippen molar-refractivity contribution in [2.75, 3.05) is 6.61 Å². The SMILES string of the molecule is C[Si](C)(C)OCCC1=CCC=C1. The highest BCUT2D eigenvalue weighted by atomic mass is 28.4. The number of hydrogen-bond donors (Lipinski definition) is 0. The number of rotatable bonds is 4. The summed E-state index contributed by atoms with van der Waals surface area (Å²) in [4.78, 5) is 0. The molecule has 1 nitrogen and oxygen atoms in total. The van der Waals surface area contributed by atoms with Crippen molar-refractivity contribution in [3.05, 3.63) is 23.8 Å². The van der Waals surface area contributed by atoms with E-state index in [1.807, 2.05) is 0 Å². The van der Waals surface area contributed by atoms with Gasteiger partial charge in [-0.15, -0.1) is 0 Å². The van der Waals surface area contributed by atoms with Crippen LogP contribution in [0.2, 0.25) is 19.6 Å². The Hall–Kier alpha value is -0.343. The van der Waals surface area contributed by atoms with Gasteiger partial charge in [0.1, 0.15) is 0 Å². The lowest BCUT2D eigenvalue weighted by atomic mass is 10.2. The van der Waals surface area contributed by atoms with E-state index in [1.54, 1.807) is 0 Å². The molecule has 0 bridgehead atoms. The van der Waals surface area contributed by atoms with Gasteiger partial charge in [-0.25, -0.2) is 0 Å². The van der Waals surface area contributed by atoms with Crippen molar-refractivity contribution in [3.63, 3.8) is 0 Å². The first kappa shape index (κ1) is 9.74. The zero-order valence-corrected chi connectivity index (χ0v) is 9.26. The van der Waals surface area contributed by atoms with E-state index in [4.69, 9.17) is 4.43 Å². The number of hydrogen-bond acceptors (Lipinski definition) is 1. The van der Waals surface area contributed by atoms with Crippen LogP contribution in [0.25, 0.3) is 0 Å². The van der Waals surface area contributed by atoms with Crippen molar-refractivity contribution in [3.8, 4) is 0 Å². The maximum absolute atomic E-state index is 5.76. The average Bonchev–Trinajstić information content (AvgIpc) is 2.36. The molecule has 0 aromatic heterocycles. The molecule has 0 unspecified atom stereocenters. The first-order valence-corrected chi connectivity index (χ1v) is 7.98. The van der Waals surface area contributed by atoms with Crippen molar-refractivity contribution in [2.45, 2.75) is 32.5 Å². The lowest BCUT2D eigenvalue weighted by Crippen LogP contribution is -2.25. The Morgan fingerprint density at radius 2 is 2.17 bits per heavy atom. The molecule has 0 N–H and O–H groups in total. The largest absolute Gasteiger partial charge is 0.417 e. The van der Waals surface area contributed by atoms with Gasteiger partial charge in [-0.05, 0) is 38.1 Å². The van der Waals surface area contributed by atoms with Gasteiger partial charge in [-0.1, -0.05) is 18.2 Å². The van der Waals surface area contributed by atoms with Crippen LogP contribution in [0.3, 0.4) is 0 Å². The van der Waals surface area contributed by atoms with Crippen molar-refractivity contribution in [1.29, 1.82) is 0 Å². The predicted molar refractivity (Wildman–Crippen MR) is 55.8 cm³/mol. The Bertz CT molecular complexity index is 198. The fraction of sp³-hybridized carbons (Fsp3) is 0.600. The molecule has 0 fully saturated rings. The highest BCUT2D eigenvalue weighted by Gasteiger charge is 2.13. The molecule has 0 radical (unpaired) electrons. The van der Waals surface area contributed by atoms with E-state index >= 15 is 0 Å². The summed E-state index contributed by atoms with van der Waals surface area (Å²) in [7, 11) is -1.28. The third-order valence-electron chi connectivity index (χ3n) is 1.77. The quantitative estimate of drug-likeness (QED) is 0.607. The topological polar surface area (TPSA) is 9.23 Å². The molecule has 12 heavy (non-hydrogen) atoms. The van der Waals surface area contributed by atoms with Gasteiger partial charge in [0.2, 0.25) is 0 Å². The highest BCUT2D eigenvalue weighted by molar-refractivity contribution is 6.69. The predicted octanol–water partition coefficient (Wildman–Crippen LogP) is 3.11. The van der Waals surface area contributed by atoms with Crippen molar-refractivity contribution in [2.24, 2.45) is 0 Å². The molecule has 0 saturated carbocycles. The second-order valence-electron chi connectivity index (χ2n) is 4.13. The molecule has 0 heterocycles. The molecule has 0 aromatic carbocycles. The maximum Gasteiger partial charge on any atom is 0.183 e. The molecule has 1 aliphatic rings. The Morgan fingerprint density at radius 3 is 2.67 bits per heavy atom. The van der Waals surface area contributed by atoms with Gasteiger partial charge in [0.05, 0.1) is 0 Å². The Kier molecular flexibility index (Phi) is 3.29. The summed E-state index contributed by atoms with van der Waals surface area (Å²) in [5, 5.41) is 0. The van der Waals surface area contributed by atoms with E-state index in [2.05, 4.69) is 37.9 Å². The van der Waals surface area contributed by atoms with Crippen LogP contribution in [0.15, 0.2) is 23.8 Å². The van der Waals surface area contributed by atoms with Crippen molar-refractivity contribution < 1.29 is 4.43 Å². The van der Waals surface area contributed by atoms with Crippen LogP contribution in [0.4, 0.5) is 0 Å². The summed E-state index contributed by atoms with van der Waals surface area (Å²) in [6, 6.07) is 0. The molecular formula is C10H18OSi. The van der Waals surface area contributed by atoms with E-state index in [1.165, 1.54) is 5.57 Å². The molecule has 68 valence electrons. The van der Waals surface area contributed by atoms with Crippen LogP contribution < -0.4 is 0 Å². The number of allylic oxidation sites excluding steroid dienone is 3. The Labute approximate surface area is 76.3 Å². The third kappa shape index (κ3) is 3.88. The van der Waals surface area contributed by atoms with Crippen molar-refractivity contribution in [1.82, 2.24) is 0 Å². The molecule has 0 aromatic rings. The van der Waals surface area contributed by atoms with E-state index in [-0.39, 0.29) is 0 Å². The minimum absolute atomic E-state index is 0.895. The van der Waals surface area contributed by atoms with Crippen LogP contribution in [0.1, 0.15) is 12.8 Å². The molecule has 2 heteroatoms. The minimum atomic E-state index is -1.28. The monoisotopic (exact) mass is 182 g/mol. The molecule has 1 rings (SSSR count). The van der Waals surface area contributed by atoms with Crippen LogP contribution in [0.5, 0.6) is 0 Å². The van der Waals surface area contributed by atoms with Gasteiger partial charge in [-0.2, -0.15) is 0 Å². The van der Waals surface area contributed by atoms with Crippen LogP contribution in [-0.2, 0) is 4.43 Å². The standard InChI is InChI=1S/C10H18OSi/c1-12(2,3)11-9-8-10-6-4-5-7-10/h4,6-7H,5,8-9H2,1-3H3. The first-order valence-electron chi connectivity index (χ1n) is 4.57. The lowest BCUT2D eigenvalue weighted by Gasteiger charge is -2.16. The van der Waals surface area contributed by atoms with Gasteiger partial charge in [0.15, 0.2) is 8.32 Å². The minimum Gasteiger partial charge on any atom is -0.417 e. The second-order valence-corrected chi connectivity index (χ2v) is 8.64. The van der Waals surface area contributed by atoms with Gasteiger partial charge in [-0.3, -0.25) is 0 Å². The first-order chi connectivity index (χ1) is 5.58. The summed E-state index contributed by atoms with van der Waals surface area (Å²) in [6.45, 7) is 7.58. The molecule has 0 atom stereocenters. The summed E-state index contributed by atoms with van der Waals surface area (Å²) >= 11 is 0. The van der Waals surface area contributed by atoms with E-state index in [9.17, 15) is 0 Å². The highest BCUT2D eigenvalue weighted by Crippen LogP contribution is 2.13. The molecule has 1 aliphatic carbocycles. The van der Waals surface area contributed by atoms with E-state index in [0.717, 1.165) is 19.4 Å². The molecule has 0 spiro atoms. The molecular weight excluding hydrogens is 164 g/mol. The van der Waals surface area contributed by atoms with Crippen LogP contribution in [0, 0.1) is 0 Å². The molecule has 0 amide bonds. The summed E-state index contributed by atoms with van der Waals surface area (Å²) in [5.74, 6) is 0. The Morgan fingerprint density at radius 1 is 1.42 bits per heavy atom. The van der Waals surface area contributed by atoms with E-state index in [0.29, 0.717) is 0 Å². The Balaban J connectivity index is 2.14. The summed E-state index contributed by atoms with van der Waals surface area (Å²) in [5.41, 5.74) is 1.44. The van der Waals surface area contributed by atoms with Crippen LogP contribution >= 0.6 is 0 Å². The van der Waals surface area contributed by atoms with Gasteiger partial charge in [0.25, 0.3) is 0 Å². The van der Waals surface area contributed by atoms with E-state index < -0.39 is 8.32 Å². The van der Waals surface area contributed by atoms with Crippen LogP contribution in [-0.4, -0.2) is 14.9 Å². The summed E-state index contributed by atoms with van der Waals surface area (Å²) < 4.78 is 5.76. The fourth-order valence-corrected chi connectivity index (χ4v) is 1.88. The zero-order valence-electron chi connectivity index (χ0n) is 8.26. The van der Waals surface area contributed by atoms with Crippen molar-refractivity contribution >= 4 is 8.32 Å². The lowest BCUT2D eigenvalue weighted by molar-refractivity contribution is 0.316. The molecule has 0 saturated heterocycles. The average molecular weight is 182 g/mol. The fourth-order valence-electron chi connectivity index (χ4n) is 1.17. The van der Waals surface area contributed by atoms with Gasteiger partial charge < -0.3 is 4.43 Å². The summed E-state index contributed by atoms with van der Waals surface area (Å²) in [6.07, 6.45) is 8.87. The van der Waals surface area contributed by atoms with Gasteiger partial charge in [0, 0.05) is 6.61 Å². The van der Waals surface area contributed by atoms with Gasteiger partial charge >= 0.3 is 0 Å². The zero-order chi connectivity index (χ0) is 9.03.